The number of amides is 2. The number of nitrogens with one attached hydrogen (secondary N) is 2. The van der Waals surface area contributed by atoms with Crippen molar-refractivity contribution in [1.29, 1.82) is 0 Å². The fraction of sp³-hybridized carbons (Fsp3) is 0.526. The molecule has 0 radical (unpaired) electrons. The predicted molar refractivity (Wildman–Crippen MR) is 107 cm³/mol. The Morgan fingerprint density at radius 2 is 2.07 bits per heavy atom. The highest BCUT2D eigenvalue weighted by molar-refractivity contribution is 5.88. The van der Waals surface area contributed by atoms with Crippen LogP contribution in [0.25, 0.3) is 0 Å². The van der Waals surface area contributed by atoms with Gasteiger partial charge in [-0.3, -0.25) is 4.79 Å². The minimum absolute atomic E-state index is 0.131. The summed E-state index contributed by atoms with van der Waals surface area (Å²) in [6.07, 6.45) is 1.32. The number of carbonyl (C=O) groups is 2. The Kier molecular flexibility index (Phi) is 8.38. The van der Waals surface area contributed by atoms with Crippen molar-refractivity contribution in [3.63, 3.8) is 0 Å². The Morgan fingerprint density at radius 3 is 2.75 bits per heavy atom. The van der Waals surface area contributed by atoms with Gasteiger partial charge in [-0.2, -0.15) is 0 Å². The lowest BCUT2D eigenvalue weighted by Crippen LogP contribution is -2.48. The van der Waals surface area contributed by atoms with Crippen LogP contribution in [0.15, 0.2) is 29.3 Å². The molecule has 2 amide bonds. The zero-order valence-corrected chi connectivity index (χ0v) is 16.4. The van der Waals surface area contributed by atoms with Crippen molar-refractivity contribution in [2.75, 3.05) is 38.2 Å². The molecule has 0 aromatic heterocycles. The zero-order valence-electron chi connectivity index (χ0n) is 16.4. The van der Waals surface area contributed by atoms with Crippen LogP contribution in [0.3, 0.4) is 0 Å². The van der Waals surface area contributed by atoms with E-state index in [0.29, 0.717) is 50.2 Å². The molecule has 0 unspecified atom stereocenters. The molecule has 1 aliphatic rings. The number of guanidine groups is 1. The number of ether oxygens (including phenoxy) is 2. The molecule has 0 atom stereocenters. The van der Waals surface area contributed by atoms with Crippen LogP contribution in [0.4, 0.5) is 10.5 Å². The van der Waals surface area contributed by atoms with Crippen molar-refractivity contribution >= 4 is 23.6 Å². The minimum Gasteiger partial charge on any atom is -0.492 e. The van der Waals surface area contributed by atoms with Gasteiger partial charge >= 0.3 is 6.09 Å². The molecule has 1 aliphatic heterocycles. The van der Waals surface area contributed by atoms with Crippen LogP contribution in [0.1, 0.15) is 26.7 Å². The van der Waals surface area contributed by atoms with E-state index in [9.17, 15) is 9.59 Å². The van der Waals surface area contributed by atoms with Crippen LogP contribution in [0.2, 0.25) is 0 Å². The number of anilines is 1. The molecule has 1 aromatic rings. The van der Waals surface area contributed by atoms with Crippen molar-refractivity contribution in [2.45, 2.75) is 32.7 Å². The second-order valence-electron chi connectivity index (χ2n) is 6.43. The third-order valence-electron chi connectivity index (χ3n) is 4.17. The quantitative estimate of drug-likeness (QED) is 0.369. The average Bonchev–Trinajstić information content (AvgIpc) is 2.66. The number of rotatable bonds is 7. The van der Waals surface area contributed by atoms with E-state index in [-0.39, 0.29) is 18.0 Å². The van der Waals surface area contributed by atoms with E-state index in [4.69, 9.17) is 15.2 Å². The normalized spacial score (nSPS) is 15.1. The minimum atomic E-state index is -0.262. The number of aliphatic imine (C=N–C) groups is 1. The molecule has 9 nitrogen and oxygen atoms in total. The number of carbonyl (C=O) groups excluding carboxylic acids is 2. The van der Waals surface area contributed by atoms with Gasteiger partial charge < -0.3 is 30.7 Å². The highest BCUT2D eigenvalue weighted by Gasteiger charge is 2.23. The molecule has 9 heteroatoms. The lowest BCUT2D eigenvalue weighted by atomic mass is 10.1. The molecule has 2 rings (SSSR count). The number of piperidine rings is 1. The summed E-state index contributed by atoms with van der Waals surface area (Å²) in [6.45, 7) is 5.69. The second-order valence-corrected chi connectivity index (χ2v) is 6.43. The van der Waals surface area contributed by atoms with Crippen LogP contribution in [0.5, 0.6) is 5.75 Å². The van der Waals surface area contributed by atoms with Crippen LogP contribution in [0, 0.1) is 0 Å². The summed E-state index contributed by atoms with van der Waals surface area (Å²) < 4.78 is 10.6. The first-order chi connectivity index (χ1) is 13.5. The van der Waals surface area contributed by atoms with Crippen LogP contribution >= 0.6 is 0 Å². The molecule has 0 saturated carbocycles. The molecular weight excluding hydrogens is 362 g/mol. The van der Waals surface area contributed by atoms with Crippen LogP contribution < -0.4 is 21.1 Å². The maximum Gasteiger partial charge on any atom is 0.409 e. The maximum absolute atomic E-state index is 11.7. The van der Waals surface area contributed by atoms with Gasteiger partial charge in [0.25, 0.3) is 0 Å². The van der Waals surface area contributed by atoms with Crippen molar-refractivity contribution < 1.29 is 19.1 Å². The molecule has 0 aliphatic carbocycles. The predicted octanol–water partition coefficient (Wildman–Crippen LogP) is 1.55. The molecule has 28 heavy (non-hydrogen) atoms. The third-order valence-corrected chi connectivity index (χ3v) is 4.17. The Morgan fingerprint density at radius 1 is 1.32 bits per heavy atom. The van der Waals surface area contributed by atoms with Crippen molar-refractivity contribution in [3.8, 4) is 5.75 Å². The van der Waals surface area contributed by atoms with Gasteiger partial charge in [-0.15, -0.1) is 0 Å². The van der Waals surface area contributed by atoms with E-state index in [1.165, 1.54) is 6.92 Å². The first kappa shape index (κ1) is 21.3. The van der Waals surface area contributed by atoms with E-state index in [1.807, 2.05) is 12.1 Å². The Labute approximate surface area is 165 Å². The molecule has 154 valence electrons. The topological polar surface area (TPSA) is 118 Å². The summed E-state index contributed by atoms with van der Waals surface area (Å²) in [5.41, 5.74) is 6.62. The molecule has 1 saturated heterocycles. The van der Waals surface area contributed by atoms with Gasteiger partial charge in [-0.25, -0.2) is 9.79 Å². The molecule has 1 heterocycles. The zero-order chi connectivity index (χ0) is 20.4. The van der Waals surface area contributed by atoms with Gasteiger partial charge in [0.1, 0.15) is 12.4 Å². The number of nitrogens with zero attached hydrogens (tertiary/aromatic N) is 2. The molecule has 4 N–H and O–H groups in total. The van der Waals surface area contributed by atoms with Gasteiger partial charge in [-0.1, -0.05) is 6.07 Å². The lowest BCUT2D eigenvalue weighted by Gasteiger charge is -2.31. The summed E-state index contributed by atoms with van der Waals surface area (Å²) in [6, 6.07) is 7.35. The van der Waals surface area contributed by atoms with E-state index in [2.05, 4.69) is 15.6 Å². The molecular formula is C19H29N5O4. The Bertz CT molecular complexity index is 687. The van der Waals surface area contributed by atoms with E-state index >= 15 is 0 Å². The monoisotopic (exact) mass is 391 g/mol. The van der Waals surface area contributed by atoms with Gasteiger partial charge in [0.15, 0.2) is 5.96 Å². The Balaban J connectivity index is 1.68. The maximum atomic E-state index is 11.7. The fourth-order valence-corrected chi connectivity index (χ4v) is 2.87. The SMILES string of the molecule is CCOC(=O)N1CCC(NC(N)=NCCOc2cccc(NC(C)=O)c2)CC1. The fourth-order valence-electron chi connectivity index (χ4n) is 2.87. The van der Waals surface area contributed by atoms with Gasteiger partial charge in [0.05, 0.1) is 13.2 Å². The highest BCUT2D eigenvalue weighted by atomic mass is 16.6. The third kappa shape index (κ3) is 7.34. The first-order valence-corrected chi connectivity index (χ1v) is 9.46. The largest absolute Gasteiger partial charge is 0.492 e. The summed E-state index contributed by atoms with van der Waals surface area (Å²) in [7, 11) is 0. The summed E-state index contributed by atoms with van der Waals surface area (Å²) in [5.74, 6) is 0.887. The summed E-state index contributed by atoms with van der Waals surface area (Å²) in [4.78, 5) is 28.8. The number of hydrogen-bond donors (Lipinski definition) is 3. The molecule has 1 aromatic carbocycles. The van der Waals surface area contributed by atoms with E-state index in [0.717, 1.165) is 12.8 Å². The summed E-state index contributed by atoms with van der Waals surface area (Å²) in [5, 5.41) is 5.89. The molecule has 1 fully saturated rings. The second kappa shape index (κ2) is 11.0. The number of nitrogens with two attached hydrogens (primary N) is 1. The number of likely N-dealkylation sites (tertiary alicyclic amines) is 1. The standard InChI is InChI=1S/C19H29N5O4/c1-3-27-19(26)24-10-7-15(8-11-24)23-18(20)21-9-12-28-17-6-4-5-16(13-17)22-14(2)25/h4-6,13,15H,3,7-12H2,1-2H3,(H,22,25)(H3,20,21,23). The average molecular weight is 391 g/mol. The molecule has 0 spiro atoms. The van der Waals surface area contributed by atoms with Crippen LogP contribution in [-0.2, 0) is 9.53 Å². The van der Waals surface area contributed by atoms with Crippen molar-refractivity contribution in [3.05, 3.63) is 24.3 Å². The van der Waals surface area contributed by atoms with Crippen molar-refractivity contribution in [1.82, 2.24) is 10.2 Å². The Hall–Kier alpha value is -2.97. The number of benzene rings is 1. The molecule has 0 bridgehead atoms. The smallest absolute Gasteiger partial charge is 0.409 e. The first-order valence-electron chi connectivity index (χ1n) is 9.46. The number of hydrogen-bond acceptors (Lipinski definition) is 5. The van der Waals surface area contributed by atoms with E-state index < -0.39 is 0 Å². The van der Waals surface area contributed by atoms with Gasteiger partial charge in [0.2, 0.25) is 5.91 Å². The van der Waals surface area contributed by atoms with Crippen molar-refractivity contribution in [2.24, 2.45) is 10.7 Å². The van der Waals surface area contributed by atoms with Gasteiger partial charge in [-0.05, 0) is 31.9 Å². The lowest BCUT2D eigenvalue weighted by molar-refractivity contribution is -0.114. The van der Waals surface area contributed by atoms with E-state index in [1.54, 1.807) is 24.0 Å². The highest BCUT2D eigenvalue weighted by Crippen LogP contribution is 2.17. The van der Waals surface area contributed by atoms with Crippen LogP contribution in [-0.4, -0.2) is 61.7 Å². The van der Waals surface area contributed by atoms with Gasteiger partial charge in [0, 0.05) is 37.8 Å². The summed E-state index contributed by atoms with van der Waals surface area (Å²) >= 11 is 0.